The fourth-order valence-electron chi connectivity index (χ4n) is 4.87. The van der Waals surface area contributed by atoms with E-state index in [0.717, 1.165) is 19.3 Å². The van der Waals surface area contributed by atoms with Crippen molar-refractivity contribution in [2.45, 2.75) is 67.6 Å². The summed E-state index contributed by atoms with van der Waals surface area (Å²) in [5.74, 6) is -0.358. The van der Waals surface area contributed by atoms with Gasteiger partial charge in [-0.3, -0.25) is 0 Å². The quantitative estimate of drug-likeness (QED) is 0.867. The number of carboxylic acid groups (broad SMARTS) is 1. The van der Waals surface area contributed by atoms with Crippen LogP contribution in [0.1, 0.15) is 73.4 Å². The van der Waals surface area contributed by atoms with E-state index in [1.807, 2.05) is 19.1 Å². The number of rotatable bonds is 3. The molecular formula is C20H24N2O4S. The van der Waals surface area contributed by atoms with Gasteiger partial charge >= 0.3 is 5.97 Å². The lowest BCUT2D eigenvalue weighted by molar-refractivity contribution is 0.0682. The van der Waals surface area contributed by atoms with Crippen molar-refractivity contribution in [1.82, 2.24) is 9.55 Å². The molecule has 6 nitrogen and oxygen atoms in total. The summed E-state index contributed by atoms with van der Waals surface area (Å²) in [7, 11) is -3.46. The number of sulfone groups is 1. The fourth-order valence-corrected chi connectivity index (χ4v) is 7.31. The molecule has 0 saturated heterocycles. The minimum absolute atomic E-state index is 0.122. The van der Waals surface area contributed by atoms with Gasteiger partial charge in [-0.15, -0.1) is 0 Å². The van der Waals surface area contributed by atoms with Gasteiger partial charge in [-0.05, 0) is 30.9 Å². The molecule has 1 aromatic carbocycles. The molecule has 2 heterocycles. The Labute approximate surface area is 159 Å². The third-order valence-corrected chi connectivity index (χ3v) is 8.85. The molecule has 1 saturated carbocycles. The average Bonchev–Trinajstić information content (AvgIpc) is 3.10. The third-order valence-electron chi connectivity index (χ3n) is 6.19. The Hall–Kier alpha value is -2.15. The highest BCUT2D eigenvalue weighted by Gasteiger charge is 2.52. The van der Waals surface area contributed by atoms with Gasteiger partial charge in [0.25, 0.3) is 0 Å². The lowest BCUT2D eigenvalue weighted by Crippen LogP contribution is -2.47. The number of fused-ring (bicyclic) bond motifs is 1. The Morgan fingerprint density at radius 1 is 1.26 bits per heavy atom. The molecule has 2 aromatic rings. The van der Waals surface area contributed by atoms with Crippen molar-refractivity contribution in [1.29, 1.82) is 0 Å². The molecule has 1 aromatic heterocycles. The summed E-state index contributed by atoms with van der Waals surface area (Å²) in [6, 6.07) is 6.74. The number of imidazole rings is 1. The number of nitrogens with zero attached hydrogens (tertiary/aromatic N) is 2. The molecule has 4 rings (SSSR count). The van der Waals surface area contributed by atoms with E-state index in [9.17, 15) is 18.3 Å². The number of aromatic carboxylic acids is 1. The fraction of sp³-hybridized carbons (Fsp3) is 0.500. The van der Waals surface area contributed by atoms with Crippen molar-refractivity contribution < 1.29 is 18.3 Å². The Morgan fingerprint density at radius 2 is 1.96 bits per heavy atom. The van der Waals surface area contributed by atoms with Crippen LogP contribution in [0.4, 0.5) is 0 Å². The van der Waals surface area contributed by atoms with Crippen molar-refractivity contribution >= 4 is 15.8 Å². The molecule has 0 radical (unpaired) electrons. The first-order valence-corrected chi connectivity index (χ1v) is 11.0. The van der Waals surface area contributed by atoms with Gasteiger partial charge in [0.15, 0.2) is 9.84 Å². The second-order valence-electron chi connectivity index (χ2n) is 7.59. The van der Waals surface area contributed by atoms with Crippen LogP contribution in [0.5, 0.6) is 0 Å². The van der Waals surface area contributed by atoms with E-state index in [4.69, 9.17) is 0 Å². The highest BCUT2D eigenvalue weighted by atomic mass is 32.2. The smallest absolute Gasteiger partial charge is 0.354 e. The first-order chi connectivity index (χ1) is 12.9. The zero-order chi connectivity index (χ0) is 19.2. The molecule has 1 fully saturated rings. The van der Waals surface area contributed by atoms with Crippen molar-refractivity contribution in [2.24, 2.45) is 0 Å². The maximum Gasteiger partial charge on any atom is 0.354 e. The molecule has 1 spiro atoms. The second-order valence-corrected chi connectivity index (χ2v) is 9.91. The number of carbonyl (C=O) groups is 1. The summed E-state index contributed by atoms with van der Waals surface area (Å²) in [6.07, 6.45) is 6.50. The van der Waals surface area contributed by atoms with Crippen LogP contribution in [0, 0.1) is 0 Å². The van der Waals surface area contributed by atoms with Crippen molar-refractivity contribution in [3.63, 3.8) is 0 Å². The van der Waals surface area contributed by atoms with Crippen LogP contribution in [-0.4, -0.2) is 33.8 Å². The van der Waals surface area contributed by atoms with E-state index in [1.165, 1.54) is 6.20 Å². The largest absolute Gasteiger partial charge is 0.477 e. The highest BCUT2D eigenvalue weighted by Crippen LogP contribution is 2.51. The lowest BCUT2D eigenvalue weighted by Gasteiger charge is -2.44. The summed E-state index contributed by atoms with van der Waals surface area (Å²) in [4.78, 5) is 16.5. The molecule has 7 heteroatoms. The van der Waals surface area contributed by atoms with Crippen LogP contribution in [-0.2, 0) is 16.3 Å². The number of aryl methyl sites for hydroxylation is 1. The zero-order valence-corrected chi connectivity index (χ0v) is 16.2. The summed E-state index contributed by atoms with van der Waals surface area (Å²) in [5, 5.41) is 9.68. The molecule has 1 N–H and O–H groups in total. The first-order valence-electron chi connectivity index (χ1n) is 9.54. The summed E-state index contributed by atoms with van der Waals surface area (Å²) < 4.78 is 28.0. The number of aromatic nitrogens is 2. The molecule has 1 aliphatic heterocycles. The molecular weight excluding hydrogens is 364 g/mol. The predicted molar refractivity (Wildman–Crippen MR) is 101 cm³/mol. The van der Waals surface area contributed by atoms with E-state index in [2.05, 4.69) is 4.98 Å². The number of benzene rings is 1. The van der Waals surface area contributed by atoms with E-state index in [1.54, 1.807) is 16.7 Å². The SMILES string of the molecule is CCc1ncc(C(=O)O)n1C1CC2(CCCCC2)S(=O)(=O)c2ccccc21. The summed E-state index contributed by atoms with van der Waals surface area (Å²) in [5.41, 5.74) is 0.806. The third kappa shape index (κ3) is 2.63. The Morgan fingerprint density at radius 3 is 2.63 bits per heavy atom. The minimum atomic E-state index is -3.46. The number of carboxylic acids is 1. The van der Waals surface area contributed by atoms with Gasteiger partial charge in [0.2, 0.25) is 0 Å². The summed E-state index contributed by atoms with van der Waals surface area (Å²) in [6.45, 7) is 1.94. The van der Waals surface area contributed by atoms with Crippen LogP contribution in [0.2, 0.25) is 0 Å². The van der Waals surface area contributed by atoms with Crippen molar-refractivity contribution in [2.75, 3.05) is 0 Å². The highest BCUT2D eigenvalue weighted by molar-refractivity contribution is 7.93. The monoisotopic (exact) mass is 388 g/mol. The van der Waals surface area contributed by atoms with Crippen molar-refractivity contribution in [3.8, 4) is 0 Å². The van der Waals surface area contributed by atoms with Crippen LogP contribution >= 0.6 is 0 Å². The molecule has 1 atom stereocenters. The Bertz CT molecular complexity index is 987. The predicted octanol–water partition coefficient (Wildman–Crippen LogP) is 3.61. The zero-order valence-electron chi connectivity index (χ0n) is 15.4. The van der Waals surface area contributed by atoms with Gasteiger partial charge in [0.1, 0.15) is 11.5 Å². The molecule has 1 aliphatic carbocycles. The van der Waals surface area contributed by atoms with Crippen LogP contribution in [0.3, 0.4) is 0 Å². The minimum Gasteiger partial charge on any atom is -0.477 e. The molecule has 2 aliphatic rings. The van der Waals surface area contributed by atoms with Crippen LogP contribution in [0.15, 0.2) is 35.4 Å². The lowest BCUT2D eigenvalue weighted by atomic mass is 9.81. The molecule has 1 unspecified atom stereocenters. The Balaban J connectivity index is 1.97. The van der Waals surface area contributed by atoms with Gasteiger partial charge in [-0.1, -0.05) is 44.4 Å². The van der Waals surface area contributed by atoms with E-state index >= 15 is 0 Å². The van der Waals surface area contributed by atoms with Crippen molar-refractivity contribution in [3.05, 3.63) is 47.5 Å². The molecule has 0 bridgehead atoms. The molecule has 0 amide bonds. The first kappa shape index (κ1) is 18.2. The topological polar surface area (TPSA) is 89.3 Å². The summed E-state index contributed by atoms with van der Waals surface area (Å²) >= 11 is 0. The van der Waals surface area contributed by atoms with Gasteiger partial charge in [0.05, 0.1) is 21.9 Å². The van der Waals surface area contributed by atoms with Crippen LogP contribution < -0.4 is 0 Å². The van der Waals surface area contributed by atoms with E-state index in [0.29, 0.717) is 42.0 Å². The van der Waals surface area contributed by atoms with Gasteiger partial charge in [-0.2, -0.15) is 0 Å². The standard InChI is InChI=1S/C20H24N2O4S/c1-2-18-21-13-16(19(23)24)22(18)15-12-20(10-6-3-7-11-20)27(25,26)17-9-5-4-8-14(15)17/h4-5,8-9,13,15H,2-3,6-7,10-12H2,1H3,(H,23,24). The number of hydrogen-bond acceptors (Lipinski definition) is 4. The molecule has 144 valence electrons. The maximum absolute atomic E-state index is 13.5. The van der Waals surface area contributed by atoms with Crippen LogP contribution in [0.25, 0.3) is 0 Å². The maximum atomic E-state index is 13.5. The van der Waals surface area contributed by atoms with Gasteiger partial charge in [-0.25, -0.2) is 18.2 Å². The molecule has 27 heavy (non-hydrogen) atoms. The second kappa shape index (κ2) is 6.48. The van der Waals surface area contributed by atoms with E-state index < -0.39 is 20.6 Å². The van der Waals surface area contributed by atoms with Gasteiger partial charge < -0.3 is 9.67 Å². The Kier molecular flexibility index (Phi) is 4.37. The number of hydrogen-bond donors (Lipinski definition) is 1. The average molecular weight is 388 g/mol. The normalized spacial score (nSPS) is 23.1. The van der Waals surface area contributed by atoms with Gasteiger partial charge in [0, 0.05) is 6.42 Å². The van der Waals surface area contributed by atoms with E-state index in [-0.39, 0.29) is 11.7 Å².